The maximum atomic E-state index is 8.98. The van der Waals surface area contributed by atoms with Crippen LogP contribution in [0, 0.1) is 0 Å². The first-order chi connectivity index (χ1) is 11.6. The summed E-state index contributed by atoms with van der Waals surface area (Å²) < 4.78 is 16.6. The summed E-state index contributed by atoms with van der Waals surface area (Å²) in [6, 6.07) is 17.9. The highest BCUT2D eigenvalue weighted by Gasteiger charge is 2.19. The molecular formula is C20H25PS. The summed E-state index contributed by atoms with van der Waals surface area (Å²) >= 11 is 6.20. The van der Waals surface area contributed by atoms with Gasteiger partial charge in [-0.2, -0.15) is 0 Å². The number of benzene rings is 2. The van der Waals surface area contributed by atoms with Gasteiger partial charge in [0.15, 0.2) is 0 Å². The van der Waals surface area contributed by atoms with Crippen molar-refractivity contribution >= 4 is 28.5 Å². The molecule has 116 valence electrons. The molecule has 0 saturated heterocycles. The van der Waals surface area contributed by atoms with Crippen molar-refractivity contribution < 1.29 is 2.74 Å². The van der Waals surface area contributed by atoms with Crippen LogP contribution in [-0.2, 0) is 11.8 Å². The Balaban J connectivity index is 2.63. The van der Waals surface area contributed by atoms with Crippen LogP contribution >= 0.6 is 6.04 Å². The molecule has 0 atom stereocenters. The molecule has 0 aliphatic heterocycles. The molecule has 0 aliphatic rings. The van der Waals surface area contributed by atoms with E-state index in [0.717, 1.165) is 35.4 Å². The van der Waals surface area contributed by atoms with E-state index in [0.29, 0.717) is 19.1 Å². The SMILES string of the molecule is [2H]CC/C(CCCC)=C(\[2H])P(=S)(c1ccccc1)c1ccccc1. The molecule has 0 heterocycles. The minimum Gasteiger partial charge on any atom is -0.0832 e. The lowest BCUT2D eigenvalue weighted by atomic mass is 10.1. The topological polar surface area (TPSA) is 0 Å². The van der Waals surface area contributed by atoms with Gasteiger partial charge in [0.05, 0.1) is 1.37 Å². The van der Waals surface area contributed by atoms with Crippen molar-refractivity contribution in [2.45, 2.75) is 39.5 Å². The van der Waals surface area contributed by atoms with Crippen molar-refractivity contribution in [3.05, 3.63) is 72.0 Å². The Hall–Kier alpha value is -1.17. The Morgan fingerprint density at radius 1 is 1.09 bits per heavy atom. The maximum absolute atomic E-state index is 8.98. The van der Waals surface area contributed by atoms with Crippen LogP contribution in [0.5, 0.6) is 0 Å². The Morgan fingerprint density at radius 2 is 1.64 bits per heavy atom. The molecule has 0 amide bonds. The molecule has 22 heavy (non-hydrogen) atoms. The number of allylic oxidation sites excluding steroid dienone is 1. The fourth-order valence-corrected chi connectivity index (χ4v) is 5.93. The van der Waals surface area contributed by atoms with Crippen molar-refractivity contribution in [1.29, 1.82) is 0 Å². The molecule has 0 aliphatic carbocycles. The molecule has 2 aromatic carbocycles. The number of hydrogen-bond donors (Lipinski definition) is 0. The molecule has 0 N–H and O–H groups in total. The van der Waals surface area contributed by atoms with Crippen LogP contribution in [0.1, 0.15) is 42.2 Å². The first kappa shape index (κ1) is 14.4. The zero-order valence-corrected chi connectivity index (χ0v) is 14.9. The lowest BCUT2D eigenvalue weighted by Crippen LogP contribution is -2.14. The molecule has 0 radical (unpaired) electrons. The fraction of sp³-hybridized carbons (Fsp3) is 0.300. The van der Waals surface area contributed by atoms with Gasteiger partial charge in [-0.05, 0) is 35.7 Å². The molecule has 0 fully saturated rings. The smallest absolute Gasteiger partial charge is 0.0642 e. The minimum absolute atomic E-state index is 0.320. The number of rotatable bonds is 7. The van der Waals surface area contributed by atoms with E-state index in [4.69, 9.17) is 14.5 Å². The van der Waals surface area contributed by atoms with E-state index in [2.05, 4.69) is 31.2 Å². The highest BCUT2D eigenvalue weighted by molar-refractivity contribution is 8.23. The van der Waals surface area contributed by atoms with Crippen molar-refractivity contribution in [2.75, 3.05) is 0 Å². The standard InChI is InChI=1S/C20H25PS/c1-3-5-12-18(4-2)17-21(22,19-13-8-6-9-14-19)20-15-10-7-11-16-20/h6-11,13-17H,3-5,12H2,1-2H3/b18-17-/i2D,17D. The van der Waals surface area contributed by atoms with Crippen LogP contribution in [0.4, 0.5) is 0 Å². The van der Waals surface area contributed by atoms with Crippen LogP contribution in [0.15, 0.2) is 72.0 Å². The largest absolute Gasteiger partial charge is 0.0832 e. The van der Waals surface area contributed by atoms with Crippen LogP contribution in [0.2, 0.25) is 0 Å². The zero-order chi connectivity index (χ0) is 17.4. The van der Waals surface area contributed by atoms with Gasteiger partial charge in [0.25, 0.3) is 0 Å². The van der Waals surface area contributed by atoms with Gasteiger partial charge in [0.1, 0.15) is 0 Å². The van der Waals surface area contributed by atoms with Crippen molar-refractivity contribution in [2.24, 2.45) is 0 Å². The molecule has 0 spiro atoms. The van der Waals surface area contributed by atoms with Gasteiger partial charge >= 0.3 is 0 Å². The average Bonchev–Trinajstić information content (AvgIpc) is 2.65. The molecular weight excluding hydrogens is 303 g/mol. The highest BCUT2D eigenvalue weighted by atomic mass is 32.4. The Morgan fingerprint density at radius 3 is 2.09 bits per heavy atom. The fourth-order valence-electron chi connectivity index (χ4n) is 2.40. The van der Waals surface area contributed by atoms with Gasteiger partial charge in [-0.1, -0.05) is 98.3 Å². The van der Waals surface area contributed by atoms with E-state index in [-0.39, 0.29) is 0 Å². The van der Waals surface area contributed by atoms with E-state index >= 15 is 0 Å². The number of hydrogen-bond acceptors (Lipinski definition) is 1. The first-order valence-corrected chi connectivity index (χ1v) is 10.6. The van der Waals surface area contributed by atoms with E-state index in [1.54, 1.807) is 0 Å². The Labute approximate surface area is 143 Å². The predicted molar refractivity (Wildman–Crippen MR) is 104 cm³/mol. The second-order valence-corrected chi connectivity index (χ2v) is 9.47. The van der Waals surface area contributed by atoms with Crippen molar-refractivity contribution in [3.63, 3.8) is 0 Å². The Bertz CT molecular complexity index is 667. The lowest BCUT2D eigenvalue weighted by molar-refractivity contribution is 0.768. The second-order valence-electron chi connectivity index (χ2n) is 5.35. The summed E-state index contributed by atoms with van der Waals surface area (Å²) in [5, 5.41) is 2.13. The van der Waals surface area contributed by atoms with E-state index in [1.807, 2.05) is 36.4 Å². The normalized spacial score (nSPS) is 14.0. The third-order valence-electron chi connectivity index (χ3n) is 3.69. The van der Waals surface area contributed by atoms with Gasteiger partial charge < -0.3 is 0 Å². The number of unbranched alkanes of at least 4 members (excludes halogenated alkanes) is 1. The molecule has 0 aromatic heterocycles. The van der Waals surface area contributed by atoms with Gasteiger partial charge in [-0.3, -0.25) is 0 Å². The van der Waals surface area contributed by atoms with Crippen LogP contribution in [0.25, 0.3) is 0 Å². The summed E-state index contributed by atoms with van der Waals surface area (Å²) in [6.07, 6.45) is 3.67. The molecule has 2 rings (SSSR count). The molecule has 2 aromatic rings. The molecule has 0 saturated carbocycles. The van der Waals surface area contributed by atoms with Gasteiger partial charge in [0, 0.05) is 7.41 Å². The maximum Gasteiger partial charge on any atom is 0.0642 e. The summed E-state index contributed by atoms with van der Waals surface area (Å²) in [6.45, 7) is 2.48. The summed E-state index contributed by atoms with van der Waals surface area (Å²) in [5.41, 5.74) is 1.07. The summed E-state index contributed by atoms with van der Waals surface area (Å²) in [7, 11) is 0. The third-order valence-corrected chi connectivity index (χ3v) is 7.91. The van der Waals surface area contributed by atoms with Crippen molar-refractivity contribution in [1.82, 2.24) is 0 Å². The quantitative estimate of drug-likeness (QED) is 0.595. The zero-order valence-electron chi connectivity index (χ0n) is 15.2. The summed E-state index contributed by atoms with van der Waals surface area (Å²) in [5.74, 6) is 0.593. The van der Waals surface area contributed by atoms with E-state index in [1.165, 1.54) is 0 Å². The first-order valence-electron chi connectivity index (χ1n) is 9.05. The van der Waals surface area contributed by atoms with Crippen LogP contribution in [-0.4, -0.2) is 0 Å². The monoisotopic (exact) mass is 330 g/mol. The van der Waals surface area contributed by atoms with Crippen molar-refractivity contribution in [3.8, 4) is 0 Å². The van der Waals surface area contributed by atoms with Crippen LogP contribution in [0.3, 0.4) is 0 Å². The average molecular weight is 330 g/mol. The Kier molecular flexibility index (Phi) is 5.55. The second kappa shape index (κ2) is 8.46. The molecule has 0 unspecified atom stereocenters. The van der Waals surface area contributed by atoms with Gasteiger partial charge in [-0.15, -0.1) is 0 Å². The highest BCUT2D eigenvalue weighted by Crippen LogP contribution is 2.47. The summed E-state index contributed by atoms with van der Waals surface area (Å²) in [4.78, 5) is 0. The van der Waals surface area contributed by atoms with E-state index < -0.39 is 6.04 Å². The van der Waals surface area contributed by atoms with Crippen LogP contribution < -0.4 is 10.6 Å². The molecule has 2 heteroatoms. The van der Waals surface area contributed by atoms with Gasteiger partial charge in [-0.25, -0.2) is 0 Å². The molecule has 0 bridgehead atoms. The van der Waals surface area contributed by atoms with Gasteiger partial charge in [0.2, 0.25) is 0 Å². The minimum atomic E-state index is -2.34. The third kappa shape index (κ3) is 4.18. The molecule has 0 nitrogen and oxygen atoms in total. The van der Waals surface area contributed by atoms with E-state index in [9.17, 15) is 0 Å². The lowest BCUT2D eigenvalue weighted by Gasteiger charge is -2.21. The predicted octanol–water partition coefficient (Wildman–Crippen LogP) is 5.60.